The molecule has 0 aliphatic rings. The van der Waals surface area contributed by atoms with Crippen molar-refractivity contribution in [2.45, 2.75) is 20.3 Å². The predicted molar refractivity (Wildman–Crippen MR) is 48.0 cm³/mol. The Hall–Kier alpha value is -0.290. The molecule has 72 valence electrons. The summed E-state index contributed by atoms with van der Waals surface area (Å²) in [6.45, 7) is 4.15. The molecule has 0 fully saturated rings. The van der Waals surface area contributed by atoms with Crippen molar-refractivity contribution in [3.8, 4) is 0 Å². The van der Waals surface area contributed by atoms with Crippen LogP contribution < -0.4 is 0 Å². The fourth-order valence-electron chi connectivity index (χ4n) is 0.551. The lowest BCUT2D eigenvalue weighted by Crippen LogP contribution is -2.30. The Kier molecular flexibility index (Phi) is 6.10. The van der Waals surface area contributed by atoms with Crippen LogP contribution in [0.5, 0.6) is 0 Å². The molecule has 1 amide bonds. The first-order chi connectivity index (χ1) is 5.63. The quantitative estimate of drug-likeness (QED) is 0.668. The number of amides is 1. The first kappa shape index (κ1) is 11.7. The third-order valence-corrected chi connectivity index (χ3v) is 2.35. The van der Waals surface area contributed by atoms with Crippen LogP contribution in [-0.4, -0.2) is 27.8 Å². The van der Waals surface area contributed by atoms with E-state index in [2.05, 4.69) is 0 Å². The monoisotopic (exact) mass is 213 g/mol. The van der Waals surface area contributed by atoms with Gasteiger partial charge in [0.15, 0.2) is 0 Å². The Balaban J connectivity index is 3.95. The zero-order valence-corrected chi connectivity index (χ0v) is 8.65. The lowest BCUT2D eigenvalue weighted by molar-refractivity contribution is 0.128. The first-order valence-electron chi connectivity index (χ1n) is 3.65. The largest absolute Gasteiger partial charge is 0.449 e. The van der Waals surface area contributed by atoms with Crippen LogP contribution in [0.2, 0.25) is 0 Å². The summed E-state index contributed by atoms with van der Waals surface area (Å²) in [5.74, 6) is 0. The van der Waals surface area contributed by atoms with Gasteiger partial charge in [0.2, 0.25) is 10.2 Å². The van der Waals surface area contributed by atoms with Crippen molar-refractivity contribution in [3.05, 3.63) is 0 Å². The summed E-state index contributed by atoms with van der Waals surface area (Å²) in [4.78, 5) is 11.0. The topological polar surface area (TPSA) is 46.6 Å². The van der Waals surface area contributed by atoms with E-state index in [4.69, 9.17) is 15.4 Å². The maximum atomic E-state index is 11.0. The minimum absolute atomic E-state index is 0.276. The minimum atomic E-state index is -1.81. The van der Waals surface area contributed by atoms with Crippen molar-refractivity contribution in [1.29, 1.82) is 0 Å². The zero-order valence-electron chi connectivity index (χ0n) is 7.08. The molecule has 0 aliphatic carbocycles. The molecule has 0 spiro atoms. The van der Waals surface area contributed by atoms with Crippen LogP contribution in [0, 0.1) is 0 Å². The molecule has 0 heterocycles. The van der Waals surface area contributed by atoms with E-state index in [1.54, 1.807) is 6.92 Å². The normalized spacial score (nSPS) is 12.2. The van der Waals surface area contributed by atoms with Gasteiger partial charge in [0, 0.05) is 17.2 Å². The SMILES string of the molecule is CCCOC(=O)N(CC)S(=O)Cl. The summed E-state index contributed by atoms with van der Waals surface area (Å²) in [6.07, 6.45) is 0.103. The maximum absolute atomic E-state index is 11.0. The summed E-state index contributed by atoms with van der Waals surface area (Å²) in [6, 6.07) is 0. The van der Waals surface area contributed by atoms with Gasteiger partial charge in [-0.1, -0.05) is 6.92 Å². The molecule has 0 rings (SSSR count). The number of hydrogen-bond acceptors (Lipinski definition) is 3. The summed E-state index contributed by atoms with van der Waals surface area (Å²) in [7, 11) is 3.41. The van der Waals surface area contributed by atoms with E-state index in [1.807, 2.05) is 6.92 Å². The molecule has 0 aromatic carbocycles. The Morgan fingerprint density at radius 2 is 2.17 bits per heavy atom. The molecular weight excluding hydrogens is 202 g/mol. The third kappa shape index (κ3) is 3.92. The van der Waals surface area contributed by atoms with Crippen LogP contribution in [-0.2, 0) is 14.9 Å². The molecule has 0 aliphatic heterocycles. The zero-order chi connectivity index (χ0) is 9.56. The van der Waals surface area contributed by atoms with Crippen molar-refractivity contribution >= 4 is 27.0 Å². The number of nitrogens with zero attached hydrogens (tertiary/aromatic N) is 1. The van der Waals surface area contributed by atoms with Gasteiger partial charge in [-0.2, -0.15) is 0 Å². The Labute approximate surface area is 78.9 Å². The number of ether oxygens (including phenoxy) is 1. The van der Waals surface area contributed by atoms with E-state index in [0.29, 0.717) is 6.61 Å². The van der Waals surface area contributed by atoms with Crippen LogP contribution in [0.4, 0.5) is 4.79 Å². The number of hydrogen-bond donors (Lipinski definition) is 0. The van der Waals surface area contributed by atoms with Gasteiger partial charge in [0.05, 0.1) is 6.61 Å². The molecule has 1 atom stereocenters. The highest BCUT2D eigenvalue weighted by molar-refractivity contribution is 8.06. The molecule has 0 aromatic rings. The number of carbonyl (C=O) groups excluding carboxylic acids is 1. The van der Waals surface area contributed by atoms with Gasteiger partial charge in [0.1, 0.15) is 0 Å². The fraction of sp³-hybridized carbons (Fsp3) is 0.833. The Morgan fingerprint density at radius 1 is 1.58 bits per heavy atom. The molecule has 0 saturated carbocycles. The first-order valence-corrected chi connectivity index (χ1v) is 5.59. The van der Waals surface area contributed by atoms with Crippen molar-refractivity contribution < 1.29 is 13.7 Å². The van der Waals surface area contributed by atoms with Crippen molar-refractivity contribution in [2.75, 3.05) is 13.2 Å². The lowest BCUT2D eigenvalue weighted by atomic mass is 10.5. The van der Waals surface area contributed by atoms with Crippen LogP contribution in [0.1, 0.15) is 20.3 Å². The summed E-state index contributed by atoms with van der Waals surface area (Å²) in [5, 5.41) is 0. The molecule has 4 nitrogen and oxygen atoms in total. The van der Waals surface area contributed by atoms with Gasteiger partial charge in [-0.05, 0) is 13.3 Å². The van der Waals surface area contributed by atoms with Gasteiger partial charge >= 0.3 is 6.09 Å². The van der Waals surface area contributed by atoms with Crippen molar-refractivity contribution in [2.24, 2.45) is 0 Å². The van der Waals surface area contributed by atoms with Crippen molar-refractivity contribution in [1.82, 2.24) is 4.31 Å². The summed E-state index contributed by atoms with van der Waals surface area (Å²) in [5.41, 5.74) is 0. The van der Waals surface area contributed by atoms with Crippen LogP contribution in [0.3, 0.4) is 0 Å². The lowest BCUT2D eigenvalue weighted by Gasteiger charge is -2.14. The summed E-state index contributed by atoms with van der Waals surface area (Å²) < 4.78 is 16.3. The standard InChI is InChI=1S/C6H12ClNO3S/c1-3-5-11-6(9)8(4-2)12(7)10/h3-5H2,1-2H3. The van der Waals surface area contributed by atoms with Crippen LogP contribution in [0.15, 0.2) is 0 Å². The van der Waals surface area contributed by atoms with Gasteiger partial charge in [-0.25, -0.2) is 13.3 Å². The molecule has 1 unspecified atom stereocenters. The second-order valence-corrected chi connectivity index (χ2v) is 3.66. The average Bonchev–Trinajstić information content (AvgIpc) is 2.01. The Bertz CT molecular complexity index is 176. The molecule has 0 N–H and O–H groups in total. The molecule has 0 radical (unpaired) electrons. The smallest absolute Gasteiger partial charge is 0.422 e. The highest BCUT2D eigenvalue weighted by atomic mass is 35.7. The third-order valence-electron chi connectivity index (χ3n) is 1.09. The van der Waals surface area contributed by atoms with E-state index in [0.717, 1.165) is 10.7 Å². The molecular formula is C6H12ClNO3S. The van der Waals surface area contributed by atoms with Crippen LogP contribution >= 0.6 is 10.7 Å². The molecule has 12 heavy (non-hydrogen) atoms. The molecule has 0 aromatic heterocycles. The second-order valence-electron chi connectivity index (χ2n) is 2.02. The number of halogens is 1. The van der Waals surface area contributed by atoms with Gasteiger partial charge in [-0.15, -0.1) is 0 Å². The highest BCUT2D eigenvalue weighted by Crippen LogP contribution is 2.02. The van der Waals surface area contributed by atoms with Gasteiger partial charge in [-0.3, -0.25) is 0 Å². The molecule has 6 heteroatoms. The van der Waals surface area contributed by atoms with E-state index in [1.165, 1.54) is 0 Å². The Morgan fingerprint density at radius 3 is 2.50 bits per heavy atom. The number of carbonyl (C=O) groups is 1. The maximum Gasteiger partial charge on any atom is 0.422 e. The van der Waals surface area contributed by atoms with Crippen molar-refractivity contribution in [3.63, 3.8) is 0 Å². The number of rotatable bonds is 4. The second kappa shape index (κ2) is 6.25. The van der Waals surface area contributed by atoms with E-state index in [9.17, 15) is 9.00 Å². The van der Waals surface area contributed by atoms with Gasteiger partial charge < -0.3 is 4.74 Å². The van der Waals surface area contributed by atoms with Crippen LogP contribution in [0.25, 0.3) is 0 Å². The highest BCUT2D eigenvalue weighted by Gasteiger charge is 2.17. The fourth-order valence-corrected chi connectivity index (χ4v) is 1.39. The average molecular weight is 214 g/mol. The predicted octanol–water partition coefficient (Wildman–Crippen LogP) is 1.67. The minimum Gasteiger partial charge on any atom is -0.449 e. The van der Waals surface area contributed by atoms with E-state index >= 15 is 0 Å². The van der Waals surface area contributed by atoms with E-state index in [-0.39, 0.29) is 6.54 Å². The molecule has 0 saturated heterocycles. The summed E-state index contributed by atoms with van der Waals surface area (Å²) >= 11 is 0. The van der Waals surface area contributed by atoms with E-state index < -0.39 is 16.3 Å². The van der Waals surface area contributed by atoms with Gasteiger partial charge in [0.25, 0.3) is 0 Å². The molecule has 0 bridgehead atoms.